The predicted octanol–water partition coefficient (Wildman–Crippen LogP) is 4.13. The highest BCUT2D eigenvalue weighted by atomic mass is 16.4. The Morgan fingerprint density at radius 1 is 1.00 bits per heavy atom. The molecule has 1 spiro atoms. The van der Waals surface area contributed by atoms with Crippen LogP contribution in [0.2, 0.25) is 0 Å². The maximum absolute atomic E-state index is 12.9. The Morgan fingerprint density at radius 3 is 2.27 bits per heavy atom. The van der Waals surface area contributed by atoms with Crippen molar-refractivity contribution in [3.8, 4) is 0 Å². The second kappa shape index (κ2) is 7.88. The minimum absolute atomic E-state index is 0.00351. The molecule has 0 atom stereocenters. The fraction of sp³-hybridized carbons (Fsp3) is 0.440. The van der Waals surface area contributed by atoms with Crippen LogP contribution < -0.4 is 0 Å². The molecule has 5 heteroatoms. The lowest BCUT2D eigenvalue weighted by Gasteiger charge is -2.48. The summed E-state index contributed by atoms with van der Waals surface area (Å²) in [4.78, 5) is 28.6. The molecule has 5 nitrogen and oxygen atoms in total. The van der Waals surface area contributed by atoms with Crippen LogP contribution in [0.15, 0.2) is 54.6 Å². The van der Waals surface area contributed by atoms with E-state index in [2.05, 4.69) is 49.3 Å². The molecule has 0 radical (unpaired) electrons. The SMILES string of the molecule is CN(C)[C@]1(c2ccccc2)CC[C@]2(CC1)CC(=O)N(Cc1ccccc1C(=O)O)C2. The summed E-state index contributed by atoms with van der Waals surface area (Å²) in [5, 5.41) is 9.46. The van der Waals surface area contributed by atoms with Crippen LogP contribution in [0, 0.1) is 5.41 Å². The standard InChI is InChI=1S/C25H30N2O3/c1-26(2)25(20-9-4-3-5-10-20)14-12-24(13-15-25)16-22(28)27(18-24)17-19-8-6-7-11-21(19)23(29)30/h3-11H,12-18H2,1-2H3,(H,29,30)/t24-,25+. The van der Waals surface area contributed by atoms with E-state index in [1.54, 1.807) is 12.1 Å². The van der Waals surface area contributed by atoms with Crippen molar-refractivity contribution in [2.45, 2.75) is 44.2 Å². The number of amides is 1. The minimum Gasteiger partial charge on any atom is -0.478 e. The lowest BCUT2D eigenvalue weighted by atomic mass is 9.64. The number of benzene rings is 2. The largest absolute Gasteiger partial charge is 0.478 e. The van der Waals surface area contributed by atoms with E-state index in [-0.39, 0.29) is 22.4 Å². The van der Waals surface area contributed by atoms with Gasteiger partial charge in [0.1, 0.15) is 0 Å². The van der Waals surface area contributed by atoms with Crippen molar-refractivity contribution in [3.63, 3.8) is 0 Å². The van der Waals surface area contributed by atoms with E-state index >= 15 is 0 Å². The van der Waals surface area contributed by atoms with Gasteiger partial charge in [-0.1, -0.05) is 48.5 Å². The summed E-state index contributed by atoms with van der Waals surface area (Å²) in [5.74, 6) is -0.796. The Balaban J connectivity index is 1.50. The lowest BCUT2D eigenvalue weighted by molar-refractivity contribution is -0.128. The summed E-state index contributed by atoms with van der Waals surface area (Å²) in [5.41, 5.74) is 2.35. The third-order valence-corrected chi connectivity index (χ3v) is 7.32. The molecule has 1 amide bonds. The molecule has 0 aromatic heterocycles. The van der Waals surface area contributed by atoms with Crippen LogP contribution in [0.25, 0.3) is 0 Å². The Hall–Kier alpha value is -2.66. The first kappa shape index (κ1) is 20.6. The van der Waals surface area contributed by atoms with Crippen LogP contribution in [0.5, 0.6) is 0 Å². The summed E-state index contributed by atoms with van der Waals surface area (Å²) in [6.45, 7) is 1.10. The first-order valence-corrected chi connectivity index (χ1v) is 10.7. The topological polar surface area (TPSA) is 60.9 Å². The Kier molecular flexibility index (Phi) is 5.41. The maximum Gasteiger partial charge on any atom is 0.336 e. The number of carbonyl (C=O) groups is 2. The molecule has 1 saturated carbocycles. The van der Waals surface area contributed by atoms with Gasteiger partial charge in [0.05, 0.1) is 5.56 Å². The normalized spacial score (nSPS) is 26.5. The number of aromatic carboxylic acids is 1. The number of hydrogen-bond acceptors (Lipinski definition) is 3. The molecule has 2 aliphatic rings. The van der Waals surface area contributed by atoms with Gasteiger partial charge in [0.15, 0.2) is 0 Å². The smallest absolute Gasteiger partial charge is 0.336 e. The van der Waals surface area contributed by atoms with Gasteiger partial charge in [0.2, 0.25) is 5.91 Å². The molecule has 0 unspecified atom stereocenters. The van der Waals surface area contributed by atoms with Gasteiger partial charge in [-0.15, -0.1) is 0 Å². The van der Waals surface area contributed by atoms with E-state index in [1.807, 2.05) is 17.0 Å². The zero-order valence-corrected chi connectivity index (χ0v) is 17.8. The highest BCUT2D eigenvalue weighted by molar-refractivity contribution is 5.89. The Morgan fingerprint density at radius 2 is 1.63 bits per heavy atom. The third kappa shape index (κ3) is 3.63. The fourth-order valence-corrected chi connectivity index (χ4v) is 5.47. The molecular formula is C25H30N2O3. The van der Waals surface area contributed by atoms with E-state index in [1.165, 1.54) is 5.56 Å². The average molecular weight is 407 g/mol. The van der Waals surface area contributed by atoms with E-state index in [0.29, 0.717) is 18.5 Å². The van der Waals surface area contributed by atoms with E-state index < -0.39 is 5.97 Å². The second-order valence-corrected chi connectivity index (χ2v) is 9.18. The van der Waals surface area contributed by atoms with Gasteiger partial charge in [-0.05, 0) is 62.4 Å². The summed E-state index contributed by atoms with van der Waals surface area (Å²) in [7, 11) is 4.31. The highest BCUT2D eigenvalue weighted by Crippen LogP contribution is 2.52. The van der Waals surface area contributed by atoms with E-state index in [0.717, 1.165) is 32.2 Å². The summed E-state index contributed by atoms with van der Waals surface area (Å²) < 4.78 is 0. The molecule has 158 valence electrons. The van der Waals surface area contributed by atoms with E-state index in [9.17, 15) is 14.7 Å². The van der Waals surface area contributed by atoms with Crippen molar-refractivity contribution in [1.29, 1.82) is 0 Å². The quantitative estimate of drug-likeness (QED) is 0.811. The third-order valence-electron chi connectivity index (χ3n) is 7.32. The van der Waals surface area contributed by atoms with Crippen molar-refractivity contribution in [2.75, 3.05) is 20.6 Å². The average Bonchev–Trinajstić information content (AvgIpc) is 3.04. The van der Waals surface area contributed by atoms with Crippen molar-refractivity contribution in [3.05, 3.63) is 71.3 Å². The molecule has 2 aromatic carbocycles. The van der Waals surface area contributed by atoms with Crippen molar-refractivity contribution in [1.82, 2.24) is 9.80 Å². The molecule has 1 heterocycles. The number of carboxylic acid groups (broad SMARTS) is 1. The summed E-state index contributed by atoms with van der Waals surface area (Å²) in [6, 6.07) is 17.7. The molecule has 1 N–H and O–H groups in total. The van der Waals surface area contributed by atoms with Crippen LogP contribution in [-0.2, 0) is 16.9 Å². The van der Waals surface area contributed by atoms with Crippen LogP contribution >= 0.6 is 0 Å². The summed E-state index contributed by atoms with van der Waals surface area (Å²) in [6.07, 6.45) is 4.63. The van der Waals surface area contributed by atoms with Crippen molar-refractivity contribution >= 4 is 11.9 Å². The molecule has 1 aliphatic carbocycles. The lowest BCUT2D eigenvalue weighted by Crippen LogP contribution is -2.47. The predicted molar refractivity (Wildman–Crippen MR) is 116 cm³/mol. The Labute approximate surface area is 178 Å². The van der Waals surface area contributed by atoms with E-state index in [4.69, 9.17) is 0 Å². The van der Waals surface area contributed by atoms with Crippen LogP contribution in [0.3, 0.4) is 0 Å². The first-order valence-electron chi connectivity index (χ1n) is 10.7. The van der Waals surface area contributed by atoms with Gasteiger partial charge in [-0.2, -0.15) is 0 Å². The van der Waals surface area contributed by atoms with Gasteiger partial charge in [0, 0.05) is 25.0 Å². The van der Waals surface area contributed by atoms with Crippen LogP contribution in [0.4, 0.5) is 0 Å². The summed E-state index contributed by atoms with van der Waals surface area (Å²) >= 11 is 0. The van der Waals surface area contributed by atoms with Gasteiger partial charge >= 0.3 is 5.97 Å². The minimum atomic E-state index is -0.941. The first-order chi connectivity index (χ1) is 14.4. The zero-order valence-electron chi connectivity index (χ0n) is 17.8. The van der Waals surface area contributed by atoms with Crippen molar-refractivity contribution in [2.24, 2.45) is 5.41 Å². The van der Waals surface area contributed by atoms with Crippen LogP contribution in [-0.4, -0.2) is 47.4 Å². The molecule has 0 bridgehead atoms. The van der Waals surface area contributed by atoms with Gasteiger partial charge in [0.25, 0.3) is 0 Å². The van der Waals surface area contributed by atoms with Crippen molar-refractivity contribution < 1.29 is 14.7 Å². The van der Waals surface area contributed by atoms with Crippen LogP contribution in [0.1, 0.15) is 53.6 Å². The number of likely N-dealkylation sites (tertiary alicyclic amines) is 1. The molecule has 2 fully saturated rings. The number of hydrogen-bond donors (Lipinski definition) is 1. The molecule has 2 aromatic rings. The van der Waals surface area contributed by atoms with Gasteiger partial charge < -0.3 is 10.0 Å². The highest BCUT2D eigenvalue weighted by Gasteiger charge is 2.50. The molecule has 1 saturated heterocycles. The number of rotatable bonds is 5. The molecule has 1 aliphatic heterocycles. The van der Waals surface area contributed by atoms with Gasteiger partial charge in [-0.25, -0.2) is 4.79 Å². The fourth-order valence-electron chi connectivity index (χ4n) is 5.47. The number of carboxylic acids is 1. The maximum atomic E-state index is 12.9. The monoisotopic (exact) mass is 406 g/mol. The number of carbonyl (C=O) groups excluding carboxylic acids is 1. The molecule has 4 rings (SSSR count). The zero-order chi connectivity index (χ0) is 21.4. The number of nitrogens with zero attached hydrogens (tertiary/aromatic N) is 2. The molecular weight excluding hydrogens is 376 g/mol. The van der Waals surface area contributed by atoms with Gasteiger partial charge in [-0.3, -0.25) is 9.69 Å². The molecule has 30 heavy (non-hydrogen) atoms. The Bertz CT molecular complexity index is 930. The second-order valence-electron chi connectivity index (χ2n) is 9.18.